The summed E-state index contributed by atoms with van der Waals surface area (Å²) in [7, 11) is 0. The highest BCUT2D eigenvalue weighted by Crippen LogP contribution is 2.01. The van der Waals surface area contributed by atoms with Crippen molar-refractivity contribution in [1.29, 1.82) is 0 Å². The van der Waals surface area contributed by atoms with Crippen LogP contribution in [-0.4, -0.2) is 18.5 Å². The maximum atomic E-state index is 11.8. The van der Waals surface area contributed by atoms with Crippen molar-refractivity contribution in [3.63, 3.8) is 0 Å². The molecule has 0 aliphatic carbocycles. The second kappa shape index (κ2) is 6.48. The van der Waals surface area contributed by atoms with Gasteiger partial charge in [0.1, 0.15) is 5.70 Å². The molecule has 90 valence electrons. The van der Waals surface area contributed by atoms with E-state index < -0.39 is 5.97 Å². The van der Waals surface area contributed by atoms with Crippen LogP contribution >= 0.6 is 0 Å². The monoisotopic (exact) mass is 233 g/mol. The van der Waals surface area contributed by atoms with Crippen molar-refractivity contribution < 1.29 is 14.3 Å². The fraction of sp³-hybridized carbons (Fsp3) is 0.231. The van der Waals surface area contributed by atoms with E-state index in [9.17, 15) is 9.59 Å². The van der Waals surface area contributed by atoms with Crippen LogP contribution in [0.15, 0.2) is 42.1 Å². The number of carbonyl (C=O) groups is 2. The number of esters is 1. The minimum absolute atomic E-state index is 0.153. The van der Waals surface area contributed by atoms with Crippen molar-refractivity contribution in [3.8, 4) is 0 Å². The molecule has 1 N–H and O–H groups in total. The lowest BCUT2D eigenvalue weighted by Crippen LogP contribution is -2.28. The third kappa shape index (κ3) is 3.75. The molecule has 0 aromatic heterocycles. The molecule has 0 saturated carbocycles. The summed E-state index contributed by atoms with van der Waals surface area (Å²) in [6, 6.07) is 8.68. The standard InChI is InChI=1S/C13H15NO3/c1-3-11(13(16)17-4-2)14-12(15)10-8-6-5-7-9-10/h3,5-9H,4H2,1-2H3,(H,14,15)/b11-3-. The number of allylic oxidation sites excluding steroid dienone is 1. The van der Waals surface area contributed by atoms with Gasteiger partial charge in [0.05, 0.1) is 6.61 Å². The first-order valence-electron chi connectivity index (χ1n) is 5.38. The molecule has 0 heterocycles. The van der Waals surface area contributed by atoms with Gasteiger partial charge in [0.25, 0.3) is 5.91 Å². The highest BCUT2D eigenvalue weighted by Gasteiger charge is 2.13. The Balaban J connectivity index is 2.71. The molecule has 0 fully saturated rings. The van der Waals surface area contributed by atoms with Crippen LogP contribution in [-0.2, 0) is 9.53 Å². The SMILES string of the molecule is C/C=C(\NC(=O)c1ccccc1)C(=O)OCC. The van der Waals surface area contributed by atoms with Crippen molar-refractivity contribution >= 4 is 11.9 Å². The summed E-state index contributed by atoms with van der Waals surface area (Å²) in [5.41, 5.74) is 0.650. The zero-order valence-corrected chi connectivity index (χ0v) is 9.90. The molecule has 0 atom stereocenters. The van der Waals surface area contributed by atoms with E-state index in [4.69, 9.17) is 4.74 Å². The van der Waals surface area contributed by atoms with Crippen molar-refractivity contribution in [1.82, 2.24) is 5.32 Å². The van der Waals surface area contributed by atoms with Gasteiger partial charge in [-0.2, -0.15) is 0 Å². The van der Waals surface area contributed by atoms with Crippen molar-refractivity contribution in [2.24, 2.45) is 0 Å². The number of carbonyl (C=O) groups excluding carboxylic acids is 2. The highest BCUT2D eigenvalue weighted by molar-refractivity contribution is 6.00. The molecule has 0 unspecified atom stereocenters. The average molecular weight is 233 g/mol. The van der Waals surface area contributed by atoms with Crippen LogP contribution < -0.4 is 5.32 Å². The molecule has 1 rings (SSSR count). The van der Waals surface area contributed by atoms with Crippen molar-refractivity contribution in [2.75, 3.05) is 6.61 Å². The molecule has 4 heteroatoms. The van der Waals surface area contributed by atoms with Crippen LogP contribution in [0.5, 0.6) is 0 Å². The molecule has 1 aromatic rings. The number of rotatable bonds is 4. The molecule has 0 spiro atoms. The Morgan fingerprint density at radius 1 is 1.29 bits per heavy atom. The van der Waals surface area contributed by atoms with E-state index >= 15 is 0 Å². The quantitative estimate of drug-likeness (QED) is 0.638. The van der Waals surface area contributed by atoms with Gasteiger partial charge in [0.15, 0.2) is 0 Å². The van der Waals surface area contributed by atoms with Crippen molar-refractivity contribution in [2.45, 2.75) is 13.8 Å². The fourth-order valence-electron chi connectivity index (χ4n) is 1.23. The van der Waals surface area contributed by atoms with Gasteiger partial charge in [-0.1, -0.05) is 24.3 Å². The lowest BCUT2D eigenvalue weighted by Gasteiger charge is -2.08. The molecular weight excluding hydrogens is 218 g/mol. The predicted molar refractivity (Wildman–Crippen MR) is 64.3 cm³/mol. The molecular formula is C13H15NO3. The summed E-state index contributed by atoms with van der Waals surface area (Å²) < 4.78 is 4.81. The smallest absolute Gasteiger partial charge is 0.354 e. The van der Waals surface area contributed by atoms with E-state index in [-0.39, 0.29) is 18.2 Å². The molecule has 1 aromatic carbocycles. The summed E-state index contributed by atoms with van der Waals surface area (Å²) in [6.45, 7) is 3.65. The zero-order chi connectivity index (χ0) is 12.7. The Morgan fingerprint density at radius 3 is 2.47 bits per heavy atom. The first kappa shape index (κ1) is 13.0. The molecule has 0 aliphatic rings. The second-order valence-corrected chi connectivity index (χ2v) is 3.24. The van der Waals surface area contributed by atoms with E-state index in [0.717, 1.165) is 0 Å². The van der Waals surface area contributed by atoms with Crippen LogP contribution in [0, 0.1) is 0 Å². The lowest BCUT2D eigenvalue weighted by atomic mass is 10.2. The summed E-state index contributed by atoms with van der Waals surface area (Å²) in [5.74, 6) is -0.856. The molecule has 0 saturated heterocycles. The Kier molecular flexibility index (Phi) is 4.94. The first-order valence-corrected chi connectivity index (χ1v) is 5.38. The van der Waals surface area contributed by atoms with Crippen LogP contribution in [0.3, 0.4) is 0 Å². The van der Waals surface area contributed by atoms with Gasteiger partial charge in [-0.05, 0) is 26.0 Å². The second-order valence-electron chi connectivity index (χ2n) is 3.24. The van der Waals surface area contributed by atoms with Crippen molar-refractivity contribution in [3.05, 3.63) is 47.7 Å². The third-order valence-electron chi connectivity index (χ3n) is 2.07. The Labute approximate surface area is 100 Å². The molecule has 1 amide bonds. The molecule has 4 nitrogen and oxygen atoms in total. The zero-order valence-electron chi connectivity index (χ0n) is 9.90. The maximum Gasteiger partial charge on any atom is 0.354 e. The van der Waals surface area contributed by atoms with Gasteiger partial charge in [-0.3, -0.25) is 4.79 Å². The van der Waals surface area contributed by atoms with Crippen LogP contribution in [0.1, 0.15) is 24.2 Å². The highest BCUT2D eigenvalue weighted by atomic mass is 16.5. The van der Waals surface area contributed by atoms with E-state index in [0.29, 0.717) is 5.56 Å². The molecule has 17 heavy (non-hydrogen) atoms. The topological polar surface area (TPSA) is 55.4 Å². The minimum Gasteiger partial charge on any atom is -0.461 e. The summed E-state index contributed by atoms with van der Waals surface area (Å²) >= 11 is 0. The number of amides is 1. The van der Waals surface area contributed by atoms with Crippen LogP contribution in [0.25, 0.3) is 0 Å². The average Bonchev–Trinajstić information content (AvgIpc) is 2.37. The van der Waals surface area contributed by atoms with Gasteiger partial charge >= 0.3 is 5.97 Å². The predicted octanol–water partition coefficient (Wildman–Crippen LogP) is 1.88. The van der Waals surface area contributed by atoms with Gasteiger partial charge in [0.2, 0.25) is 0 Å². The lowest BCUT2D eigenvalue weighted by molar-refractivity contribution is -0.138. The minimum atomic E-state index is -0.528. The summed E-state index contributed by atoms with van der Waals surface area (Å²) in [6.07, 6.45) is 1.51. The third-order valence-corrected chi connectivity index (χ3v) is 2.07. The van der Waals surface area contributed by atoms with E-state index in [1.807, 2.05) is 6.07 Å². The fourth-order valence-corrected chi connectivity index (χ4v) is 1.23. The van der Waals surface area contributed by atoms with Gasteiger partial charge in [-0.25, -0.2) is 4.79 Å². The van der Waals surface area contributed by atoms with E-state index in [1.165, 1.54) is 6.08 Å². The van der Waals surface area contributed by atoms with Crippen LogP contribution in [0.4, 0.5) is 0 Å². The Morgan fingerprint density at radius 2 is 1.94 bits per heavy atom. The molecule has 0 aliphatic heterocycles. The van der Waals surface area contributed by atoms with E-state index in [2.05, 4.69) is 5.32 Å². The summed E-state index contributed by atoms with van der Waals surface area (Å²) in [4.78, 5) is 23.2. The molecule has 0 radical (unpaired) electrons. The van der Waals surface area contributed by atoms with Gasteiger partial charge in [-0.15, -0.1) is 0 Å². The number of hydrogen-bond acceptors (Lipinski definition) is 3. The summed E-state index contributed by atoms with van der Waals surface area (Å²) in [5, 5.41) is 2.52. The Hall–Kier alpha value is -2.10. The van der Waals surface area contributed by atoms with Crippen LogP contribution in [0.2, 0.25) is 0 Å². The number of ether oxygens (including phenoxy) is 1. The largest absolute Gasteiger partial charge is 0.461 e. The maximum absolute atomic E-state index is 11.8. The van der Waals surface area contributed by atoms with Gasteiger partial charge in [0, 0.05) is 5.56 Å². The first-order chi connectivity index (χ1) is 8.19. The number of benzene rings is 1. The Bertz CT molecular complexity index is 424. The normalized spacial score (nSPS) is 10.8. The van der Waals surface area contributed by atoms with Gasteiger partial charge < -0.3 is 10.1 Å². The number of hydrogen-bond donors (Lipinski definition) is 1. The van der Waals surface area contributed by atoms with E-state index in [1.54, 1.807) is 38.1 Å². The molecule has 0 bridgehead atoms. The number of nitrogens with one attached hydrogen (secondary N) is 1.